The summed E-state index contributed by atoms with van der Waals surface area (Å²) in [6.45, 7) is 10.3. The summed E-state index contributed by atoms with van der Waals surface area (Å²) in [6.07, 6.45) is 6.72. The second kappa shape index (κ2) is 12.4. The number of halogens is 1. The number of anilines is 1. The molecule has 1 aliphatic rings. The van der Waals surface area contributed by atoms with Gasteiger partial charge in [-0.15, -0.1) is 0 Å². The largest absolute Gasteiger partial charge is 0.478 e. The summed E-state index contributed by atoms with van der Waals surface area (Å²) in [7, 11) is 0. The lowest BCUT2D eigenvalue weighted by atomic mass is 9.72. The number of aromatic nitrogens is 2. The SMILES string of the molecule is CCN(CCNc1ccc(C(=O)O)c(Oc2cnc3[nH]ccc3c2)c1)CC1=C(c2ccc(Cl)cc2)CC(C)(C)CC1. The van der Waals surface area contributed by atoms with Crippen molar-refractivity contribution in [2.45, 2.75) is 40.0 Å². The van der Waals surface area contributed by atoms with E-state index in [9.17, 15) is 9.90 Å². The second-order valence-corrected chi connectivity index (χ2v) is 11.9. The highest BCUT2D eigenvalue weighted by molar-refractivity contribution is 6.30. The number of fused-ring (bicyclic) bond motifs is 1. The third kappa shape index (κ3) is 7.10. The van der Waals surface area contributed by atoms with Crippen LogP contribution in [0.25, 0.3) is 16.6 Å². The molecule has 0 spiro atoms. The van der Waals surface area contributed by atoms with Crippen molar-refractivity contribution in [3.05, 3.63) is 88.7 Å². The van der Waals surface area contributed by atoms with Gasteiger partial charge in [-0.3, -0.25) is 4.90 Å². The van der Waals surface area contributed by atoms with Crippen molar-refractivity contribution in [3.63, 3.8) is 0 Å². The first-order valence-electron chi connectivity index (χ1n) is 14.1. The minimum absolute atomic E-state index is 0.0989. The number of nitrogens with zero attached hydrogens (tertiary/aromatic N) is 2. The monoisotopic (exact) mass is 572 g/mol. The molecule has 5 rings (SSSR count). The number of benzene rings is 2. The molecule has 2 heterocycles. The maximum Gasteiger partial charge on any atom is 0.339 e. The van der Waals surface area contributed by atoms with E-state index in [2.05, 4.69) is 53.1 Å². The zero-order valence-electron chi connectivity index (χ0n) is 23.8. The highest BCUT2D eigenvalue weighted by Crippen LogP contribution is 2.43. The van der Waals surface area contributed by atoms with Crippen molar-refractivity contribution in [2.24, 2.45) is 5.41 Å². The number of carboxylic acids is 1. The fourth-order valence-electron chi connectivity index (χ4n) is 5.44. The van der Waals surface area contributed by atoms with Crippen molar-refractivity contribution in [1.29, 1.82) is 0 Å². The van der Waals surface area contributed by atoms with Crippen LogP contribution in [0.3, 0.4) is 0 Å². The molecule has 0 bridgehead atoms. The fourth-order valence-corrected chi connectivity index (χ4v) is 5.56. The summed E-state index contributed by atoms with van der Waals surface area (Å²) in [6, 6.07) is 17.1. The van der Waals surface area contributed by atoms with Crippen LogP contribution >= 0.6 is 11.6 Å². The number of likely N-dealkylation sites (N-methyl/N-ethyl adjacent to an activating group) is 1. The van der Waals surface area contributed by atoms with Crippen LogP contribution in [0, 0.1) is 5.41 Å². The van der Waals surface area contributed by atoms with E-state index in [4.69, 9.17) is 16.3 Å². The standard InChI is InChI=1S/C33H37ClN4O3/c1-4-38(21-24-11-13-33(2,3)19-29(24)22-5-7-25(34)8-6-22)16-15-35-26-9-10-28(32(39)40)30(18-26)41-27-17-23-12-14-36-31(23)37-20-27/h5-10,12,14,17-18,20,35H,4,11,13,15-16,19,21H2,1-3H3,(H,36,37)(H,39,40). The molecule has 1 aliphatic carbocycles. The third-order valence-corrected chi connectivity index (χ3v) is 8.06. The summed E-state index contributed by atoms with van der Waals surface area (Å²) >= 11 is 6.18. The Hall–Kier alpha value is -3.81. The first-order chi connectivity index (χ1) is 19.7. The number of pyridine rings is 1. The molecule has 4 aromatic rings. The number of hydrogen-bond donors (Lipinski definition) is 3. The number of hydrogen-bond acceptors (Lipinski definition) is 5. The van der Waals surface area contributed by atoms with Gasteiger partial charge < -0.3 is 20.1 Å². The average molecular weight is 573 g/mol. The number of carbonyl (C=O) groups is 1. The Morgan fingerprint density at radius 1 is 1.17 bits per heavy atom. The molecule has 3 N–H and O–H groups in total. The van der Waals surface area contributed by atoms with Crippen molar-refractivity contribution in [3.8, 4) is 11.5 Å². The molecule has 7 nitrogen and oxygen atoms in total. The van der Waals surface area contributed by atoms with Gasteiger partial charge >= 0.3 is 5.97 Å². The van der Waals surface area contributed by atoms with Crippen LogP contribution in [0.15, 0.2) is 72.6 Å². The van der Waals surface area contributed by atoms with Crippen LogP contribution in [0.5, 0.6) is 11.5 Å². The number of ether oxygens (including phenoxy) is 1. The van der Waals surface area contributed by atoms with Crippen molar-refractivity contribution in [1.82, 2.24) is 14.9 Å². The molecule has 214 valence electrons. The minimum atomic E-state index is -1.04. The average Bonchev–Trinajstić information content (AvgIpc) is 3.41. The molecule has 2 aromatic carbocycles. The van der Waals surface area contributed by atoms with Gasteiger partial charge in [-0.2, -0.15) is 0 Å². The maximum atomic E-state index is 11.9. The molecule has 0 amide bonds. The highest BCUT2D eigenvalue weighted by atomic mass is 35.5. The van der Waals surface area contributed by atoms with E-state index in [-0.39, 0.29) is 16.7 Å². The van der Waals surface area contributed by atoms with E-state index < -0.39 is 5.97 Å². The molecule has 2 aromatic heterocycles. The lowest BCUT2D eigenvalue weighted by Gasteiger charge is -2.35. The molecular weight excluding hydrogens is 536 g/mol. The van der Waals surface area contributed by atoms with Gasteiger partial charge in [-0.25, -0.2) is 9.78 Å². The molecule has 0 aliphatic heterocycles. The Morgan fingerprint density at radius 3 is 2.73 bits per heavy atom. The smallest absolute Gasteiger partial charge is 0.339 e. The maximum absolute atomic E-state index is 11.9. The lowest BCUT2D eigenvalue weighted by molar-refractivity contribution is 0.0694. The first kappa shape index (κ1) is 28.7. The molecule has 0 saturated carbocycles. The number of aromatic amines is 1. The topological polar surface area (TPSA) is 90.5 Å². The number of allylic oxidation sites excluding steroid dienone is 1. The van der Waals surface area contributed by atoms with E-state index >= 15 is 0 Å². The molecule has 0 unspecified atom stereocenters. The Labute approximate surface area is 246 Å². The summed E-state index contributed by atoms with van der Waals surface area (Å²) in [4.78, 5) is 21.7. The normalized spacial score (nSPS) is 15.0. The fraction of sp³-hybridized carbons (Fsp3) is 0.333. The van der Waals surface area contributed by atoms with E-state index in [1.165, 1.54) is 23.1 Å². The van der Waals surface area contributed by atoms with E-state index in [1.54, 1.807) is 30.6 Å². The van der Waals surface area contributed by atoms with E-state index in [1.807, 2.05) is 24.3 Å². The summed E-state index contributed by atoms with van der Waals surface area (Å²) in [5.41, 5.74) is 6.15. The molecule has 0 fully saturated rings. The number of rotatable bonds is 11. The van der Waals surface area contributed by atoms with Gasteiger partial charge in [0.2, 0.25) is 0 Å². The quantitative estimate of drug-likeness (QED) is 0.168. The zero-order chi connectivity index (χ0) is 29.0. The molecule has 0 atom stereocenters. The summed E-state index contributed by atoms with van der Waals surface area (Å²) in [5.74, 6) is -0.289. The van der Waals surface area contributed by atoms with Crippen molar-refractivity contribution in [2.75, 3.05) is 31.5 Å². The van der Waals surface area contributed by atoms with E-state index in [0.29, 0.717) is 12.3 Å². The Kier molecular flexibility index (Phi) is 8.66. The van der Waals surface area contributed by atoms with Gasteiger partial charge in [0.1, 0.15) is 22.7 Å². The molecule has 0 radical (unpaired) electrons. The summed E-state index contributed by atoms with van der Waals surface area (Å²) in [5, 5.41) is 14.8. The molecule has 41 heavy (non-hydrogen) atoms. The van der Waals surface area contributed by atoms with Crippen LogP contribution in [0.4, 0.5) is 5.69 Å². The van der Waals surface area contributed by atoms with Crippen molar-refractivity contribution < 1.29 is 14.6 Å². The predicted octanol–water partition coefficient (Wildman–Crippen LogP) is 8.10. The second-order valence-electron chi connectivity index (χ2n) is 11.4. The van der Waals surface area contributed by atoms with Gasteiger partial charge in [0.25, 0.3) is 0 Å². The number of aromatic carboxylic acids is 1. The number of H-pyrrole nitrogens is 1. The molecule has 8 heteroatoms. The van der Waals surface area contributed by atoms with Crippen molar-refractivity contribution >= 4 is 39.9 Å². The van der Waals surface area contributed by atoms with E-state index in [0.717, 1.165) is 54.2 Å². The number of nitrogens with one attached hydrogen (secondary N) is 2. The van der Waals surface area contributed by atoms with Gasteiger partial charge in [-0.1, -0.05) is 50.1 Å². The molecular formula is C33H37ClN4O3. The number of carboxylic acid groups (broad SMARTS) is 1. The Bertz CT molecular complexity index is 1560. The highest BCUT2D eigenvalue weighted by Gasteiger charge is 2.28. The van der Waals surface area contributed by atoms with Crippen LogP contribution in [-0.2, 0) is 0 Å². The van der Waals surface area contributed by atoms with Crippen LogP contribution < -0.4 is 10.1 Å². The molecule has 0 saturated heterocycles. The van der Waals surface area contributed by atoms with Crippen LogP contribution in [-0.4, -0.2) is 52.1 Å². The van der Waals surface area contributed by atoms with Gasteiger partial charge in [0.15, 0.2) is 0 Å². The lowest BCUT2D eigenvalue weighted by Crippen LogP contribution is -2.32. The Morgan fingerprint density at radius 2 is 1.98 bits per heavy atom. The van der Waals surface area contributed by atoms with Gasteiger partial charge in [0.05, 0.1) is 6.20 Å². The summed E-state index contributed by atoms with van der Waals surface area (Å²) < 4.78 is 5.99. The van der Waals surface area contributed by atoms with Crippen LogP contribution in [0.1, 0.15) is 56.0 Å². The third-order valence-electron chi connectivity index (χ3n) is 7.81. The zero-order valence-corrected chi connectivity index (χ0v) is 24.6. The Balaban J connectivity index is 1.27. The van der Waals surface area contributed by atoms with Gasteiger partial charge in [-0.05, 0) is 78.8 Å². The van der Waals surface area contributed by atoms with Crippen LogP contribution in [0.2, 0.25) is 5.02 Å². The van der Waals surface area contributed by atoms with Gasteiger partial charge in [0, 0.05) is 48.0 Å². The predicted molar refractivity (Wildman–Crippen MR) is 166 cm³/mol. The minimum Gasteiger partial charge on any atom is -0.478 e. The first-order valence-corrected chi connectivity index (χ1v) is 14.5.